The highest BCUT2D eigenvalue weighted by atomic mass is 16.5. The summed E-state index contributed by atoms with van der Waals surface area (Å²) in [6.07, 6.45) is 6.20. The Morgan fingerprint density at radius 3 is 3.08 bits per heavy atom. The molecule has 1 saturated heterocycles. The Morgan fingerprint density at radius 1 is 1.75 bits per heavy atom. The van der Waals surface area contributed by atoms with Gasteiger partial charge in [-0.15, -0.1) is 12.3 Å². The van der Waals surface area contributed by atoms with Gasteiger partial charge in [0.2, 0.25) is 0 Å². The largest absolute Gasteiger partial charge is 0.392 e. The molecule has 0 aromatic heterocycles. The van der Waals surface area contributed by atoms with Crippen molar-refractivity contribution in [3.8, 4) is 12.3 Å². The van der Waals surface area contributed by atoms with Gasteiger partial charge in [0, 0.05) is 19.6 Å². The normalized spacial score (nSPS) is 32.4. The fourth-order valence-corrected chi connectivity index (χ4v) is 1.74. The SMILES string of the molecule is C#CCC(O)C1CCOCC1C. The van der Waals surface area contributed by atoms with Crippen LogP contribution in [0.5, 0.6) is 0 Å². The number of aliphatic hydroxyl groups excluding tert-OH is 1. The highest BCUT2D eigenvalue weighted by Crippen LogP contribution is 2.25. The Bertz CT molecular complexity index is 171. The van der Waals surface area contributed by atoms with Crippen molar-refractivity contribution in [1.29, 1.82) is 0 Å². The van der Waals surface area contributed by atoms with E-state index in [4.69, 9.17) is 11.2 Å². The van der Waals surface area contributed by atoms with Gasteiger partial charge in [0.05, 0.1) is 6.10 Å². The first-order chi connectivity index (χ1) is 5.75. The molecule has 0 radical (unpaired) electrons. The predicted molar refractivity (Wildman–Crippen MR) is 47.5 cm³/mol. The number of terminal acetylenes is 1. The quantitative estimate of drug-likeness (QED) is 0.624. The second-order valence-electron chi connectivity index (χ2n) is 3.48. The third-order valence-corrected chi connectivity index (χ3v) is 2.53. The Hall–Kier alpha value is -0.520. The molecule has 2 heteroatoms. The van der Waals surface area contributed by atoms with E-state index >= 15 is 0 Å². The number of rotatable bonds is 2. The van der Waals surface area contributed by atoms with Crippen molar-refractivity contribution in [2.24, 2.45) is 11.8 Å². The van der Waals surface area contributed by atoms with Crippen LogP contribution in [0.3, 0.4) is 0 Å². The Balaban J connectivity index is 2.43. The van der Waals surface area contributed by atoms with E-state index in [0.29, 0.717) is 18.3 Å². The van der Waals surface area contributed by atoms with Gasteiger partial charge in [-0.05, 0) is 18.3 Å². The van der Waals surface area contributed by atoms with Crippen LogP contribution in [0, 0.1) is 24.2 Å². The number of ether oxygens (including phenoxy) is 1. The molecule has 68 valence electrons. The van der Waals surface area contributed by atoms with Crippen LogP contribution in [0.15, 0.2) is 0 Å². The maximum atomic E-state index is 9.65. The van der Waals surface area contributed by atoms with Crippen molar-refractivity contribution in [2.45, 2.75) is 25.9 Å². The molecule has 0 aromatic carbocycles. The van der Waals surface area contributed by atoms with Crippen LogP contribution in [0.2, 0.25) is 0 Å². The maximum absolute atomic E-state index is 9.65. The first-order valence-electron chi connectivity index (χ1n) is 4.45. The molecule has 1 aliphatic heterocycles. The minimum Gasteiger partial charge on any atom is -0.392 e. The van der Waals surface area contributed by atoms with E-state index < -0.39 is 0 Å². The van der Waals surface area contributed by atoms with Gasteiger partial charge in [-0.25, -0.2) is 0 Å². The summed E-state index contributed by atoms with van der Waals surface area (Å²) < 4.78 is 5.28. The number of hydrogen-bond acceptors (Lipinski definition) is 2. The second-order valence-corrected chi connectivity index (χ2v) is 3.48. The Labute approximate surface area is 73.9 Å². The highest BCUT2D eigenvalue weighted by molar-refractivity contribution is 4.90. The van der Waals surface area contributed by atoms with Crippen molar-refractivity contribution in [1.82, 2.24) is 0 Å². The molecule has 2 nitrogen and oxygen atoms in total. The summed E-state index contributed by atoms with van der Waals surface area (Å²) >= 11 is 0. The van der Waals surface area contributed by atoms with Crippen molar-refractivity contribution >= 4 is 0 Å². The average molecular weight is 168 g/mol. The summed E-state index contributed by atoms with van der Waals surface area (Å²) in [5.74, 6) is 3.26. The first-order valence-corrected chi connectivity index (χ1v) is 4.45. The molecular weight excluding hydrogens is 152 g/mol. The second kappa shape index (κ2) is 4.49. The van der Waals surface area contributed by atoms with Gasteiger partial charge in [-0.1, -0.05) is 6.92 Å². The zero-order chi connectivity index (χ0) is 8.97. The Kier molecular flexibility index (Phi) is 3.58. The lowest BCUT2D eigenvalue weighted by Gasteiger charge is -2.31. The zero-order valence-electron chi connectivity index (χ0n) is 7.49. The van der Waals surface area contributed by atoms with Gasteiger partial charge in [-0.2, -0.15) is 0 Å². The average Bonchev–Trinajstić information content (AvgIpc) is 2.05. The topological polar surface area (TPSA) is 29.5 Å². The summed E-state index contributed by atoms with van der Waals surface area (Å²) in [6.45, 7) is 3.62. The van der Waals surface area contributed by atoms with Gasteiger partial charge < -0.3 is 9.84 Å². The molecule has 1 aliphatic rings. The van der Waals surface area contributed by atoms with Gasteiger partial charge in [0.1, 0.15) is 0 Å². The Morgan fingerprint density at radius 2 is 2.50 bits per heavy atom. The van der Waals surface area contributed by atoms with Crippen molar-refractivity contribution in [3.63, 3.8) is 0 Å². The van der Waals surface area contributed by atoms with Crippen LogP contribution < -0.4 is 0 Å². The minimum atomic E-state index is -0.339. The van der Waals surface area contributed by atoms with Gasteiger partial charge in [0.15, 0.2) is 0 Å². The molecule has 1 heterocycles. The van der Waals surface area contributed by atoms with E-state index in [1.54, 1.807) is 0 Å². The van der Waals surface area contributed by atoms with E-state index in [1.165, 1.54) is 0 Å². The smallest absolute Gasteiger partial charge is 0.0681 e. The van der Waals surface area contributed by atoms with Crippen LogP contribution >= 0.6 is 0 Å². The lowest BCUT2D eigenvalue weighted by molar-refractivity contribution is -0.0279. The molecule has 0 saturated carbocycles. The molecule has 1 N–H and O–H groups in total. The number of hydrogen-bond donors (Lipinski definition) is 1. The lowest BCUT2D eigenvalue weighted by atomic mass is 9.84. The molecule has 0 bridgehead atoms. The van der Waals surface area contributed by atoms with Crippen molar-refractivity contribution in [3.05, 3.63) is 0 Å². The molecular formula is C10H16O2. The van der Waals surface area contributed by atoms with Gasteiger partial charge in [0.25, 0.3) is 0 Å². The fourth-order valence-electron chi connectivity index (χ4n) is 1.74. The molecule has 3 atom stereocenters. The van der Waals surface area contributed by atoms with Gasteiger partial charge in [-0.3, -0.25) is 0 Å². The third-order valence-electron chi connectivity index (χ3n) is 2.53. The third kappa shape index (κ3) is 2.23. The van der Waals surface area contributed by atoms with Crippen LogP contribution in [-0.4, -0.2) is 24.4 Å². The van der Waals surface area contributed by atoms with Crippen molar-refractivity contribution < 1.29 is 9.84 Å². The molecule has 12 heavy (non-hydrogen) atoms. The predicted octanol–water partition coefficient (Wildman–Crippen LogP) is 1.04. The summed E-state index contributed by atoms with van der Waals surface area (Å²) in [5.41, 5.74) is 0. The van der Waals surface area contributed by atoms with Crippen LogP contribution in [0.25, 0.3) is 0 Å². The summed E-state index contributed by atoms with van der Waals surface area (Å²) in [6, 6.07) is 0. The van der Waals surface area contributed by atoms with E-state index in [0.717, 1.165) is 19.6 Å². The maximum Gasteiger partial charge on any atom is 0.0681 e. The fraction of sp³-hybridized carbons (Fsp3) is 0.800. The summed E-state index contributed by atoms with van der Waals surface area (Å²) in [4.78, 5) is 0. The molecule has 0 spiro atoms. The van der Waals surface area contributed by atoms with Crippen molar-refractivity contribution in [2.75, 3.05) is 13.2 Å². The van der Waals surface area contributed by atoms with Crippen LogP contribution in [0.4, 0.5) is 0 Å². The zero-order valence-corrected chi connectivity index (χ0v) is 7.49. The highest BCUT2D eigenvalue weighted by Gasteiger charge is 2.27. The number of aliphatic hydroxyl groups is 1. The summed E-state index contributed by atoms with van der Waals surface area (Å²) in [7, 11) is 0. The molecule has 1 fully saturated rings. The van der Waals surface area contributed by atoms with Crippen LogP contribution in [-0.2, 0) is 4.74 Å². The van der Waals surface area contributed by atoms with E-state index in [9.17, 15) is 5.11 Å². The van der Waals surface area contributed by atoms with E-state index in [1.807, 2.05) is 0 Å². The van der Waals surface area contributed by atoms with Crippen LogP contribution in [0.1, 0.15) is 19.8 Å². The van der Waals surface area contributed by atoms with Gasteiger partial charge >= 0.3 is 0 Å². The summed E-state index contributed by atoms with van der Waals surface area (Å²) in [5, 5.41) is 9.65. The molecule has 0 aliphatic carbocycles. The first kappa shape index (κ1) is 9.57. The monoisotopic (exact) mass is 168 g/mol. The van der Waals surface area contributed by atoms with E-state index in [2.05, 4.69) is 12.8 Å². The molecule has 1 rings (SSSR count). The lowest BCUT2D eigenvalue weighted by Crippen LogP contribution is -2.34. The minimum absolute atomic E-state index is 0.329. The standard InChI is InChI=1S/C10H16O2/c1-3-4-10(11)9-5-6-12-7-8(9)2/h1,8-11H,4-7H2,2H3. The molecule has 0 aromatic rings. The molecule has 0 amide bonds. The molecule has 3 unspecified atom stereocenters. The van der Waals surface area contributed by atoms with E-state index in [-0.39, 0.29) is 6.10 Å².